The van der Waals surface area contributed by atoms with Crippen molar-refractivity contribution >= 4 is 11.5 Å². The number of rotatable bonds is 3. The molecule has 1 atom stereocenters. The molecule has 18 heavy (non-hydrogen) atoms. The first kappa shape index (κ1) is 12.1. The Labute approximate surface area is 103 Å². The molecule has 0 aliphatic carbocycles. The molecule has 0 spiro atoms. The molecule has 0 bridgehead atoms. The molecule has 2 aromatic rings. The van der Waals surface area contributed by atoms with Crippen molar-refractivity contribution in [3.63, 3.8) is 0 Å². The Morgan fingerprint density at radius 2 is 2.22 bits per heavy atom. The van der Waals surface area contributed by atoms with Gasteiger partial charge in [-0.25, -0.2) is 4.68 Å². The molecule has 0 aromatic carbocycles. The molecule has 0 saturated carbocycles. The second kappa shape index (κ2) is 4.13. The highest BCUT2D eigenvalue weighted by molar-refractivity contribution is 5.56. The average molecular weight is 250 g/mol. The molecule has 0 fully saturated rings. The molecular weight excluding hydrogens is 236 g/mol. The van der Waals surface area contributed by atoms with E-state index < -0.39 is 4.92 Å². The Morgan fingerprint density at radius 3 is 2.67 bits per heavy atom. The highest BCUT2D eigenvalue weighted by atomic mass is 16.6. The van der Waals surface area contributed by atoms with Crippen molar-refractivity contribution in [2.45, 2.75) is 19.9 Å². The van der Waals surface area contributed by atoms with Crippen LogP contribution in [0, 0.1) is 17.0 Å². The molecule has 2 aromatic heterocycles. The van der Waals surface area contributed by atoms with E-state index in [1.165, 1.54) is 4.68 Å². The minimum Gasteiger partial charge on any atom is -0.378 e. The lowest BCUT2D eigenvalue weighted by molar-refractivity contribution is -0.384. The van der Waals surface area contributed by atoms with Crippen LogP contribution in [0.5, 0.6) is 0 Å². The van der Waals surface area contributed by atoms with E-state index >= 15 is 0 Å². The van der Waals surface area contributed by atoms with Gasteiger partial charge in [0.1, 0.15) is 5.69 Å². The van der Waals surface area contributed by atoms with Gasteiger partial charge in [-0.1, -0.05) is 0 Å². The van der Waals surface area contributed by atoms with E-state index in [2.05, 4.69) is 10.2 Å². The summed E-state index contributed by atoms with van der Waals surface area (Å²) in [6, 6.07) is 1.61. The van der Waals surface area contributed by atoms with Crippen molar-refractivity contribution in [1.82, 2.24) is 19.6 Å². The first-order valence-electron chi connectivity index (χ1n) is 5.40. The minimum atomic E-state index is -0.510. The van der Waals surface area contributed by atoms with Crippen molar-refractivity contribution in [2.75, 3.05) is 5.73 Å². The lowest BCUT2D eigenvalue weighted by Crippen LogP contribution is -2.15. The van der Waals surface area contributed by atoms with Gasteiger partial charge in [-0.05, 0) is 19.9 Å². The van der Waals surface area contributed by atoms with Crippen LogP contribution in [0.15, 0.2) is 12.3 Å². The molecule has 0 saturated heterocycles. The maximum atomic E-state index is 10.9. The van der Waals surface area contributed by atoms with Gasteiger partial charge in [0.05, 0.1) is 16.7 Å². The summed E-state index contributed by atoms with van der Waals surface area (Å²) in [6.07, 6.45) is 1.66. The summed E-state index contributed by atoms with van der Waals surface area (Å²) >= 11 is 0. The standard InChI is InChI=1S/C10H14N6O2/c1-6-9(16(17)18)10(11)15(13-6)7(2)8-4-5-12-14(8)3/h4-5,7H,11H2,1-3H3. The smallest absolute Gasteiger partial charge is 0.333 e. The van der Waals surface area contributed by atoms with Crippen molar-refractivity contribution < 1.29 is 4.92 Å². The van der Waals surface area contributed by atoms with E-state index in [0.717, 1.165) is 5.69 Å². The van der Waals surface area contributed by atoms with Crippen LogP contribution >= 0.6 is 0 Å². The molecule has 0 amide bonds. The molecule has 0 aliphatic heterocycles. The highest BCUT2D eigenvalue weighted by Crippen LogP contribution is 2.29. The predicted molar refractivity (Wildman–Crippen MR) is 65.1 cm³/mol. The summed E-state index contributed by atoms with van der Waals surface area (Å²) in [5, 5.41) is 19.1. The summed E-state index contributed by atoms with van der Waals surface area (Å²) in [5.41, 5.74) is 6.84. The van der Waals surface area contributed by atoms with Crippen molar-refractivity contribution in [3.8, 4) is 0 Å². The van der Waals surface area contributed by atoms with Gasteiger partial charge in [0.25, 0.3) is 0 Å². The van der Waals surface area contributed by atoms with Gasteiger partial charge in [0.2, 0.25) is 5.82 Å². The fourth-order valence-corrected chi connectivity index (χ4v) is 2.00. The number of hydrogen-bond acceptors (Lipinski definition) is 5. The maximum Gasteiger partial charge on any atom is 0.333 e. The lowest BCUT2D eigenvalue weighted by atomic mass is 10.2. The number of aromatic nitrogens is 4. The van der Waals surface area contributed by atoms with Gasteiger partial charge in [0.15, 0.2) is 0 Å². The fraction of sp³-hybridized carbons (Fsp3) is 0.400. The SMILES string of the molecule is Cc1nn(C(C)c2ccnn2C)c(N)c1[N+](=O)[O-]. The normalized spacial score (nSPS) is 12.6. The zero-order chi connectivity index (χ0) is 13.4. The Bertz CT molecular complexity index is 600. The van der Waals surface area contributed by atoms with E-state index in [4.69, 9.17) is 5.73 Å². The average Bonchev–Trinajstić information content (AvgIpc) is 2.82. The van der Waals surface area contributed by atoms with Crippen LogP contribution in [0.4, 0.5) is 11.5 Å². The Kier molecular flexibility index (Phi) is 2.77. The largest absolute Gasteiger partial charge is 0.378 e. The van der Waals surface area contributed by atoms with Crippen LogP contribution in [0.25, 0.3) is 0 Å². The molecule has 96 valence electrons. The number of nitro groups is 1. The maximum absolute atomic E-state index is 10.9. The number of nitrogens with two attached hydrogens (primary N) is 1. The van der Waals surface area contributed by atoms with Gasteiger partial charge < -0.3 is 5.73 Å². The highest BCUT2D eigenvalue weighted by Gasteiger charge is 2.26. The van der Waals surface area contributed by atoms with Crippen LogP contribution in [0.2, 0.25) is 0 Å². The van der Waals surface area contributed by atoms with E-state index in [-0.39, 0.29) is 17.5 Å². The van der Waals surface area contributed by atoms with Gasteiger partial charge in [-0.15, -0.1) is 0 Å². The van der Waals surface area contributed by atoms with Crippen LogP contribution in [-0.2, 0) is 7.05 Å². The third kappa shape index (κ3) is 1.71. The van der Waals surface area contributed by atoms with Crippen molar-refractivity contribution in [2.24, 2.45) is 7.05 Å². The minimum absolute atomic E-state index is 0.0613. The summed E-state index contributed by atoms with van der Waals surface area (Å²) in [7, 11) is 1.80. The van der Waals surface area contributed by atoms with Crippen LogP contribution in [0.3, 0.4) is 0 Å². The molecule has 8 heteroatoms. The quantitative estimate of drug-likeness (QED) is 0.646. The van der Waals surface area contributed by atoms with Crippen LogP contribution < -0.4 is 5.73 Å². The fourth-order valence-electron chi connectivity index (χ4n) is 2.00. The van der Waals surface area contributed by atoms with Gasteiger partial charge in [-0.2, -0.15) is 10.2 Å². The van der Waals surface area contributed by atoms with Crippen LogP contribution in [-0.4, -0.2) is 24.5 Å². The number of aryl methyl sites for hydroxylation is 2. The van der Waals surface area contributed by atoms with Crippen molar-refractivity contribution in [3.05, 3.63) is 33.8 Å². The third-order valence-electron chi connectivity index (χ3n) is 2.93. The molecule has 2 N–H and O–H groups in total. The predicted octanol–water partition coefficient (Wildman–Crippen LogP) is 1.02. The zero-order valence-corrected chi connectivity index (χ0v) is 10.4. The number of nitrogen functional groups attached to an aromatic ring is 1. The topological polar surface area (TPSA) is 105 Å². The number of nitrogens with zero attached hydrogens (tertiary/aromatic N) is 5. The Hall–Kier alpha value is -2.38. The molecular formula is C10H14N6O2. The number of anilines is 1. The molecule has 0 radical (unpaired) electrons. The molecule has 8 nitrogen and oxygen atoms in total. The Morgan fingerprint density at radius 1 is 1.56 bits per heavy atom. The Balaban J connectivity index is 2.50. The lowest BCUT2D eigenvalue weighted by Gasteiger charge is -2.13. The third-order valence-corrected chi connectivity index (χ3v) is 2.93. The van der Waals surface area contributed by atoms with Gasteiger partial charge in [0, 0.05) is 13.2 Å². The molecule has 2 rings (SSSR count). The summed E-state index contributed by atoms with van der Waals surface area (Å²) < 4.78 is 3.14. The van der Waals surface area contributed by atoms with Gasteiger partial charge >= 0.3 is 5.69 Å². The molecule has 0 aliphatic rings. The van der Waals surface area contributed by atoms with E-state index in [1.807, 2.05) is 13.0 Å². The van der Waals surface area contributed by atoms with E-state index in [9.17, 15) is 10.1 Å². The number of hydrogen-bond donors (Lipinski definition) is 1. The van der Waals surface area contributed by atoms with Gasteiger partial charge in [-0.3, -0.25) is 14.8 Å². The molecule has 1 unspecified atom stereocenters. The van der Waals surface area contributed by atoms with Crippen molar-refractivity contribution in [1.29, 1.82) is 0 Å². The zero-order valence-electron chi connectivity index (χ0n) is 10.4. The van der Waals surface area contributed by atoms with Crippen LogP contribution in [0.1, 0.15) is 24.4 Å². The van der Waals surface area contributed by atoms with E-state index in [1.54, 1.807) is 24.9 Å². The second-order valence-electron chi connectivity index (χ2n) is 4.08. The first-order valence-corrected chi connectivity index (χ1v) is 5.40. The summed E-state index contributed by atoms with van der Waals surface area (Å²) in [6.45, 7) is 3.44. The molecule has 2 heterocycles. The first-order chi connectivity index (χ1) is 8.43. The summed E-state index contributed by atoms with van der Waals surface area (Å²) in [4.78, 5) is 10.4. The second-order valence-corrected chi connectivity index (χ2v) is 4.08. The van der Waals surface area contributed by atoms with E-state index in [0.29, 0.717) is 5.69 Å². The summed E-state index contributed by atoms with van der Waals surface area (Å²) in [5.74, 6) is 0.0613. The monoisotopic (exact) mass is 250 g/mol.